The number of benzene rings is 1. The summed E-state index contributed by atoms with van der Waals surface area (Å²) in [7, 11) is 0. The first-order valence-corrected chi connectivity index (χ1v) is 9.54. The third-order valence-electron chi connectivity index (χ3n) is 4.38. The topological polar surface area (TPSA) is 95.4 Å². The maximum atomic E-state index is 12.4. The molecule has 0 radical (unpaired) electrons. The van der Waals surface area contributed by atoms with Crippen LogP contribution in [0.3, 0.4) is 0 Å². The molecule has 1 saturated heterocycles. The molecule has 2 N–H and O–H groups in total. The molecular formula is C20H17N3O4S. The van der Waals surface area contributed by atoms with Gasteiger partial charge in [-0.25, -0.2) is 0 Å². The Morgan fingerprint density at radius 2 is 2.07 bits per heavy atom. The van der Waals surface area contributed by atoms with Gasteiger partial charge in [-0.3, -0.25) is 19.3 Å². The lowest BCUT2D eigenvalue weighted by molar-refractivity contribution is -0.129. The van der Waals surface area contributed by atoms with Gasteiger partial charge in [-0.2, -0.15) is 0 Å². The molecule has 3 heterocycles. The Morgan fingerprint density at radius 3 is 2.89 bits per heavy atom. The number of hydrogen-bond acceptors (Lipinski definition) is 5. The SMILES string of the molecule is O=C(CN1C(=O)S/C(=C/c2ccco2)C1=O)NCCc1c[nH]c2ccccc12. The van der Waals surface area contributed by atoms with E-state index in [0.717, 1.165) is 33.1 Å². The number of para-hydroxylation sites is 1. The Kier molecular flexibility index (Phi) is 5.03. The number of fused-ring (bicyclic) bond motifs is 1. The second-order valence-electron chi connectivity index (χ2n) is 6.24. The predicted molar refractivity (Wildman–Crippen MR) is 106 cm³/mol. The molecule has 1 aromatic carbocycles. The molecule has 28 heavy (non-hydrogen) atoms. The number of carbonyl (C=O) groups is 3. The Labute approximate surface area is 164 Å². The van der Waals surface area contributed by atoms with Crippen LogP contribution in [0.2, 0.25) is 0 Å². The molecule has 0 atom stereocenters. The number of H-pyrrole nitrogens is 1. The van der Waals surface area contributed by atoms with E-state index in [4.69, 9.17) is 4.42 Å². The molecule has 1 aliphatic heterocycles. The van der Waals surface area contributed by atoms with Gasteiger partial charge in [-0.05, 0) is 41.9 Å². The highest BCUT2D eigenvalue weighted by atomic mass is 32.2. The number of amides is 3. The van der Waals surface area contributed by atoms with Crippen molar-refractivity contribution in [3.05, 3.63) is 65.1 Å². The van der Waals surface area contributed by atoms with Crippen molar-refractivity contribution < 1.29 is 18.8 Å². The van der Waals surface area contributed by atoms with E-state index in [-0.39, 0.29) is 17.4 Å². The molecule has 4 rings (SSSR count). The normalized spacial score (nSPS) is 15.7. The first-order chi connectivity index (χ1) is 13.6. The van der Waals surface area contributed by atoms with Gasteiger partial charge in [0, 0.05) is 29.7 Å². The summed E-state index contributed by atoms with van der Waals surface area (Å²) in [6, 6.07) is 11.3. The zero-order chi connectivity index (χ0) is 19.5. The maximum absolute atomic E-state index is 12.4. The van der Waals surface area contributed by atoms with E-state index in [1.54, 1.807) is 12.1 Å². The van der Waals surface area contributed by atoms with E-state index in [1.807, 2.05) is 30.5 Å². The standard InChI is InChI=1S/C20H17N3O4S/c24-18(21-8-7-13-11-22-16-6-2-1-5-15(13)16)12-23-19(25)17(28-20(23)26)10-14-4-3-9-27-14/h1-6,9-11,22H,7-8,12H2,(H,21,24)/b17-10+. The summed E-state index contributed by atoms with van der Waals surface area (Å²) in [4.78, 5) is 41.0. The van der Waals surface area contributed by atoms with Crippen LogP contribution in [0.4, 0.5) is 4.79 Å². The van der Waals surface area contributed by atoms with Crippen molar-refractivity contribution in [2.75, 3.05) is 13.1 Å². The van der Waals surface area contributed by atoms with Crippen LogP contribution in [0.5, 0.6) is 0 Å². The summed E-state index contributed by atoms with van der Waals surface area (Å²) >= 11 is 0.800. The minimum atomic E-state index is -0.488. The molecule has 0 unspecified atom stereocenters. The summed E-state index contributed by atoms with van der Waals surface area (Å²) in [5.41, 5.74) is 2.15. The average Bonchev–Trinajstić information content (AvgIpc) is 3.40. The molecule has 7 nitrogen and oxygen atoms in total. The molecule has 2 aromatic heterocycles. The highest BCUT2D eigenvalue weighted by molar-refractivity contribution is 8.18. The lowest BCUT2D eigenvalue weighted by Gasteiger charge is -2.12. The quantitative estimate of drug-likeness (QED) is 0.625. The van der Waals surface area contributed by atoms with Gasteiger partial charge in [-0.1, -0.05) is 18.2 Å². The van der Waals surface area contributed by atoms with Crippen molar-refractivity contribution in [3.8, 4) is 0 Å². The van der Waals surface area contributed by atoms with Crippen LogP contribution in [-0.4, -0.2) is 40.0 Å². The third kappa shape index (κ3) is 3.72. The number of furan rings is 1. The fourth-order valence-corrected chi connectivity index (χ4v) is 3.83. The maximum Gasteiger partial charge on any atom is 0.294 e. The summed E-state index contributed by atoms with van der Waals surface area (Å²) in [5.74, 6) is -0.381. The van der Waals surface area contributed by atoms with E-state index >= 15 is 0 Å². The first-order valence-electron chi connectivity index (χ1n) is 8.72. The van der Waals surface area contributed by atoms with E-state index in [0.29, 0.717) is 18.7 Å². The second kappa shape index (κ2) is 7.77. The van der Waals surface area contributed by atoms with E-state index < -0.39 is 11.1 Å². The van der Waals surface area contributed by atoms with Crippen LogP contribution in [0.1, 0.15) is 11.3 Å². The van der Waals surface area contributed by atoms with Crippen LogP contribution in [-0.2, 0) is 16.0 Å². The van der Waals surface area contributed by atoms with E-state index in [9.17, 15) is 14.4 Å². The summed E-state index contributed by atoms with van der Waals surface area (Å²) in [6.45, 7) is 0.118. The van der Waals surface area contributed by atoms with Gasteiger partial charge in [0.15, 0.2) is 0 Å². The number of carbonyl (C=O) groups excluding carboxylic acids is 3. The zero-order valence-electron chi connectivity index (χ0n) is 14.8. The zero-order valence-corrected chi connectivity index (χ0v) is 15.6. The molecule has 142 valence electrons. The van der Waals surface area contributed by atoms with Crippen LogP contribution in [0, 0.1) is 0 Å². The average molecular weight is 395 g/mol. The van der Waals surface area contributed by atoms with Gasteiger partial charge in [0.05, 0.1) is 11.2 Å². The van der Waals surface area contributed by atoms with Crippen molar-refractivity contribution in [2.24, 2.45) is 0 Å². The van der Waals surface area contributed by atoms with E-state index in [1.165, 1.54) is 12.3 Å². The van der Waals surface area contributed by atoms with Gasteiger partial charge in [0.25, 0.3) is 11.1 Å². The van der Waals surface area contributed by atoms with Crippen LogP contribution in [0.15, 0.2) is 58.2 Å². The van der Waals surface area contributed by atoms with Gasteiger partial charge >= 0.3 is 0 Å². The van der Waals surface area contributed by atoms with E-state index in [2.05, 4.69) is 10.3 Å². The Morgan fingerprint density at radius 1 is 1.21 bits per heavy atom. The largest absolute Gasteiger partial charge is 0.465 e. The molecule has 3 aromatic rings. The summed E-state index contributed by atoms with van der Waals surface area (Å²) in [6.07, 6.45) is 5.56. The monoisotopic (exact) mass is 395 g/mol. The number of nitrogens with one attached hydrogen (secondary N) is 2. The molecule has 0 bridgehead atoms. The van der Waals surface area contributed by atoms with Gasteiger partial charge in [0.2, 0.25) is 5.91 Å². The van der Waals surface area contributed by atoms with Crippen LogP contribution in [0.25, 0.3) is 17.0 Å². The molecule has 1 aliphatic rings. The number of hydrogen-bond donors (Lipinski definition) is 2. The molecule has 0 saturated carbocycles. The summed E-state index contributed by atoms with van der Waals surface area (Å²) in [5, 5.41) is 3.42. The second-order valence-corrected chi connectivity index (χ2v) is 7.24. The van der Waals surface area contributed by atoms with Crippen molar-refractivity contribution in [3.63, 3.8) is 0 Å². The molecule has 0 aliphatic carbocycles. The number of imide groups is 1. The van der Waals surface area contributed by atoms with Gasteiger partial charge < -0.3 is 14.7 Å². The molecule has 8 heteroatoms. The van der Waals surface area contributed by atoms with Gasteiger partial charge in [0.1, 0.15) is 12.3 Å². The first kappa shape index (κ1) is 18.1. The highest BCUT2D eigenvalue weighted by Gasteiger charge is 2.36. The van der Waals surface area contributed by atoms with Crippen molar-refractivity contribution in [1.82, 2.24) is 15.2 Å². The van der Waals surface area contributed by atoms with Crippen molar-refractivity contribution in [1.29, 1.82) is 0 Å². The molecule has 0 spiro atoms. The smallest absolute Gasteiger partial charge is 0.294 e. The Hall–Kier alpha value is -3.26. The van der Waals surface area contributed by atoms with Crippen LogP contribution < -0.4 is 5.32 Å². The molecule has 3 amide bonds. The lowest BCUT2D eigenvalue weighted by atomic mass is 10.1. The number of aromatic amines is 1. The number of rotatable bonds is 6. The van der Waals surface area contributed by atoms with Crippen LogP contribution >= 0.6 is 11.8 Å². The molecular weight excluding hydrogens is 378 g/mol. The predicted octanol–water partition coefficient (Wildman–Crippen LogP) is 3.16. The van der Waals surface area contributed by atoms with Gasteiger partial charge in [-0.15, -0.1) is 0 Å². The minimum Gasteiger partial charge on any atom is -0.465 e. The Bertz CT molecular complexity index is 1070. The fraction of sp³-hybridized carbons (Fsp3) is 0.150. The highest BCUT2D eigenvalue weighted by Crippen LogP contribution is 2.32. The van der Waals surface area contributed by atoms with Crippen molar-refractivity contribution >= 4 is 45.8 Å². The summed E-state index contributed by atoms with van der Waals surface area (Å²) < 4.78 is 5.16. The Balaban J connectivity index is 1.32. The van der Waals surface area contributed by atoms with Crippen molar-refractivity contribution in [2.45, 2.75) is 6.42 Å². The minimum absolute atomic E-state index is 0.242. The molecule has 1 fully saturated rings. The fourth-order valence-electron chi connectivity index (χ4n) is 3.01. The number of thioether (sulfide) groups is 1. The lowest BCUT2D eigenvalue weighted by Crippen LogP contribution is -2.40. The third-order valence-corrected chi connectivity index (χ3v) is 5.29. The number of nitrogens with zero attached hydrogens (tertiary/aromatic N) is 1. The number of aromatic nitrogens is 1.